The van der Waals surface area contributed by atoms with Crippen LogP contribution in [0.4, 0.5) is 18.9 Å². The minimum absolute atomic E-state index is 0.0497. The first kappa shape index (κ1) is 18.8. The fraction of sp³-hybridized carbons (Fsp3) is 0.182. The van der Waals surface area contributed by atoms with Crippen molar-refractivity contribution in [3.05, 3.63) is 90.0 Å². The molecule has 0 bridgehead atoms. The lowest BCUT2D eigenvalue weighted by atomic mass is 10.1. The van der Waals surface area contributed by atoms with Gasteiger partial charge < -0.3 is 10.1 Å². The molecule has 27 heavy (non-hydrogen) atoms. The minimum Gasteiger partial charge on any atom is -0.457 e. The summed E-state index contributed by atoms with van der Waals surface area (Å²) in [5, 5.41) is 3.23. The highest BCUT2D eigenvalue weighted by molar-refractivity contribution is 5.46. The van der Waals surface area contributed by atoms with Crippen LogP contribution in [0.1, 0.15) is 18.1 Å². The largest absolute Gasteiger partial charge is 0.457 e. The summed E-state index contributed by atoms with van der Waals surface area (Å²) < 4.78 is 43.7. The topological polar surface area (TPSA) is 21.3 Å². The van der Waals surface area contributed by atoms with Crippen LogP contribution in [0.15, 0.2) is 78.9 Å². The molecule has 0 fully saturated rings. The van der Waals surface area contributed by atoms with Gasteiger partial charge in [0.05, 0.1) is 5.56 Å². The van der Waals surface area contributed by atoms with E-state index < -0.39 is 11.7 Å². The second kappa shape index (κ2) is 8.16. The van der Waals surface area contributed by atoms with Crippen LogP contribution in [0, 0.1) is 0 Å². The maximum atomic E-state index is 12.6. The van der Waals surface area contributed by atoms with Crippen LogP contribution >= 0.6 is 0 Å². The molecule has 0 amide bonds. The van der Waals surface area contributed by atoms with E-state index in [2.05, 4.69) is 5.32 Å². The molecule has 0 saturated heterocycles. The summed E-state index contributed by atoms with van der Waals surface area (Å²) in [4.78, 5) is 0. The lowest BCUT2D eigenvalue weighted by molar-refractivity contribution is -0.137. The average Bonchev–Trinajstić information content (AvgIpc) is 2.62. The van der Waals surface area contributed by atoms with E-state index in [-0.39, 0.29) is 6.04 Å². The van der Waals surface area contributed by atoms with Gasteiger partial charge in [0.15, 0.2) is 0 Å². The van der Waals surface area contributed by atoms with E-state index in [1.807, 2.05) is 61.5 Å². The molecule has 0 aromatic heterocycles. The Bertz CT molecular complexity index is 861. The lowest BCUT2D eigenvalue weighted by Crippen LogP contribution is -2.18. The van der Waals surface area contributed by atoms with Crippen molar-refractivity contribution in [1.29, 1.82) is 0 Å². The Morgan fingerprint density at radius 2 is 1.52 bits per heavy atom. The van der Waals surface area contributed by atoms with E-state index in [0.29, 0.717) is 12.1 Å². The van der Waals surface area contributed by atoms with Crippen molar-refractivity contribution in [2.24, 2.45) is 0 Å². The van der Waals surface area contributed by atoms with Crippen LogP contribution in [0.2, 0.25) is 0 Å². The third-order valence-corrected chi connectivity index (χ3v) is 4.04. The Labute approximate surface area is 156 Å². The third kappa shape index (κ3) is 5.51. The molecule has 0 spiro atoms. The second-order valence-corrected chi connectivity index (χ2v) is 6.39. The van der Waals surface area contributed by atoms with Crippen molar-refractivity contribution >= 4 is 5.69 Å². The highest BCUT2D eigenvalue weighted by Crippen LogP contribution is 2.30. The zero-order valence-electron chi connectivity index (χ0n) is 14.8. The Morgan fingerprint density at radius 3 is 2.19 bits per heavy atom. The monoisotopic (exact) mass is 371 g/mol. The van der Waals surface area contributed by atoms with Crippen LogP contribution in [0.5, 0.6) is 11.5 Å². The molecule has 0 aliphatic heterocycles. The zero-order chi connectivity index (χ0) is 19.3. The summed E-state index contributed by atoms with van der Waals surface area (Å²) in [5.74, 6) is 1.52. The van der Waals surface area contributed by atoms with E-state index in [1.54, 1.807) is 0 Å². The van der Waals surface area contributed by atoms with Gasteiger partial charge in [-0.15, -0.1) is 0 Å². The van der Waals surface area contributed by atoms with Crippen molar-refractivity contribution < 1.29 is 17.9 Å². The molecule has 3 aromatic rings. The van der Waals surface area contributed by atoms with Crippen molar-refractivity contribution in [2.45, 2.75) is 25.6 Å². The summed E-state index contributed by atoms with van der Waals surface area (Å²) in [6.07, 6.45) is -3.60. The molecule has 1 N–H and O–H groups in total. The van der Waals surface area contributed by atoms with E-state index in [4.69, 9.17) is 4.74 Å². The zero-order valence-corrected chi connectivity index (χ0v) is 14.8. The first-order chi connectivity index (χ1) is 12.9. The number of hydrogen-bond donors (Lipinski definition) is 1. The van der Waals surface area contributed by atoms with E-state index in [1.165, 1.54) is 12.1 Å². The summed E-state index contributed by atoms with van der Waals surface area (Å²) >= 11 is 0. The summed E-state index contributed by atoms with van der Waals surface area (Å²) in [5.41, 5.74) is 1.09. The van der Waals surface area contributed by atoms with Gasteiger partial charge >= 0.3 is 6.18 Å². The Balaban J connectivity index is 1.61. The first-order valence-corrected chi connectivity index (χ1v) is 8.66. The highest BCUT2D eigenvalue weighted by Gasteiger charge is 2.29. The molecule has 5 heteroatoms. The molecule has 0 aliphatic carbocycles. The van der Waals surface area contributed by atoms with Crippen molar-refractivity contribution in [2.75, 3.05) is 5.32 Å². The molecule has 0 saturated carbocycles. The van der Waals surface area contributed by atoms with Gasteiger partial charge in [-0.05, 0) is 67.4 Å². The van der Waals surface area contributed by atoms with E-state index in [0.717, 1.165) is 29.2 Å². The van der Waals surface area contributed by atoms with Crippen LogP contribution in [-0.2, 0) is 12.6 Å². The summed E-state index contributed by atoms with van der Waals surface area (Å²) in [7, 11) is 0. The molecule has 140 valence electrons. The SMILES string of the molecule is C[C@H](Cc1cccc(Oc2ccccc2)c1)Nc1ccc(C(F)(F)F)cc1. The number of alkyl halides is 3. The quantitative estimate of drug-likeness (QED) is 0.531. The van der Waals surface area contributed by atoms with Crippen LogP contribution in [0.3, 0.4) is 0 Å². The number of rotatable bonds is 6. The van der Waals surface area contributed by atoms with Gasteiger partial charge in [-0.2, -0.15) is 13.2 Å². The van der Waals surface area contributed by atoms with Crippen molar-refractivity contribution in [3.8, 4) is 11.5 Å². The molecule has 1 atom stereocenters. The number of para-hydroxylation sites is 1. The van der Waals surface area contributed by atoms with Crippen molar-refractivity contribution in [1.82, 2.24) is 0 Å². The summed E-state index contributed by atoms with van der Waals surface area (Å²) in [6, 6.07) is 22.5. The van der Waals surface area contributed by atoms with Gasteiger partial charge in [-0.3, -0.25) is 0 Å². The number of benzene rings is 3. The number of nitrogens with one attached hydrogen (secondary N) is 1. The van der Waals surface area contributed by atoms with Gasteiger partial charge in [-0.1, -0.05) is 30.3 Å². The third-order valence-electron chi connectivity index (χ3n) is 4.04. The molecular weight excluding hydrogens is 351 g/mol. The van der Waals surface area contributed by atoms with Crippen LogP contribution in [0.25, 0.3) is 0 Å². The predicted octanol–water partition coefficient (Wildman–Crippen LogP) is 6.54. The Hall–Kier alpha value is -2.95. The highest BCUT2D eigenvalue weighted by atomic mass is 19.4. The standard InChI is InChI=1S/C22H20F3NO/c1-16(26-19-12-10-18(11-13-19)22(23,24)25)14-17-6-5-9-21(15-17)27-20-7-3-2-4-8-20/h2-13,15-16,26H,14H2,1H3/t16-/m1/s1. The predicted molar refractivity (Wildman–Crippen MR) is 101 cm³/mol. The molecule has 0 unspecified atom stereocenters. The van der Waals surface area contributed by atoms with Crippen LogP contribution in [-0.4, -0.2) is 6.04 Å². The van der Waals surface area contributed by atoms with Crippen LogP contribution < -0.4 is 10.1 Å². The molecule has 0 radical (unpaired) electrons. The van der Waals surface area contributed by atoms with E-state index >= 15 is 0 Å². The van der Waals surface area contributed by atoms with Gasteiger partial charge in [0.1, 0.15) is 11.5 Å². The molecule has 3 rings (SSSR count). The molecule has 0 heterocycles. The fourth-order valence-corrected chi connectivity index (χ4v) is 2.81. The normalized spacial score (nSPS) is 12.4. The van der Waals surface area contributed by atoms with Gasteiger partial charge in [0, 0.05) is 11.7 Å². The maximum absolute atomic E-state index is 12.6. The number of hydrogen-bond acceptors (Lipinski definition) is 2. The molecule has 0 aliphatic rings. The lowest BCUT2D eigenvalue weighted by Gasteiger charge is -2.16. The summed E-state index contributed by atoms with van der Waals surface area (Å²) in [6.45, 7) is 1.99. The van der Waals surface area contributed by atoms with E-state index in [9.17, 15) is 13.2 Å². The fourth-order valence-electron chi connectivity index (χ4n) is 2.81. The van der Waals surface area contributed by atoms with Gasteiger partial charge in [0.2, 0.25) is 0 Å². The first-order valence-electron chi connectivity index (χ1n) is 8.66. The molecular formula is C22H20F3NO. The van der Waals surface area contributed by atoms with Gasteiger partial charge in [-0.25, -0.2) is 0 Å². The second-order valence-electron chi connectivity index (χ2n) is 6.39. The number of ether oxygens (including phenoxy) is 1. The van der Waals surface area contributed by atoms with Crippen molar-refractivity contribution in [3.63, 3.8) is 0 Å². The number of anilines is 1. The maximum Gasteiger partial charge on any atom is 0.416 e. The Morgan fingerprint density at radius 1 is 0.852 bits per heavy atom. The van der Waals surface area contributed by atoms with Gasteiger partial charge in [0.25, 0.3) is 0 Å². The average molecular weight is 371 g/mol. The number of halogens is 3. The minimum atomic E-state index is -4.32. The smallest absolute Gasteiger partial charge is 0.416 e. The molecule has 3 aromatic carbocycles. The molecule has 2 nitrogen and oxygen atoms in total. The Kier molecular flexibility index (Phi) is 5.69.